The van der Waals surface area contributed by atoms with Crippen LogP contribution in [0.15, 0.2) is 0 Å². The zero-order valence-electron chi connectivity index (χ0n) is 13.7. The van der Waals surface area contributed by atoms with Gasteiger partial charge in [-0.2, -0.15) is 0 Å². The number of ether oxygens (including phenoxy) is 1. The van der Waals surface area contributed by atoms with Crippen molar-refractivity contribution < 1.29 is 9.53 Å². The summed E-state index contributed by atoms with van der Waals surface area (Å²) in [4.78, 5) is 16.2. The molecule has 1 saturated carbocycles. The predicted octanol–water partition coefficient (Wildman–Crippen LogP) is 1.07. The monoisotopic (exact) mass is 285 g/mol. The lowest BCUT2D eigenvalue weighted by atomic mass is 9.75. The summed E-state index contributed by atoms with van der Waals surface area (Å²) in [5.74, 6) is -0.330. The predicted molar refractivity (Wildman–Crippen MR) is 81.6 cm³/mol. The van der Waals surface area contributed by atoms with E-state index in [0.29, 0.717) is 12.0 Å². The second-order valence-corrected chi connectivity index (χ2v) is 6.72. The summed E-state index contributed by atoms with van der Waals surface area (Å²) in [6.45, 7) is 3.78. The Kier molecular flexibility index (Phi) is 5.98. The minimum atomic E-state index is -0.870. The van der Waals surface area contributed by atoms with Crippen molar-refractivity contribution >= 4 is 5.97 Å². The molecule has 0 saturated heterocycles. The molecule has 1 fully saturated rings. The van der Waals surface area contributed by atoms with E-state index in [1.807, 2.05) is 0 Å². The Hall–Kier alpha value is -0.650. The molecule has 1 aliphatic carbocycles. The Morgan fingerprint density at radius 2 is 1.95 bits per heavy atom. The largest absolute Gasteiger partial charge is 0.468 e. The molecule has 118 valence electrons. The third kappa shape index (κ3) is 4.17. The second-order valence-electron chi connectivity index (χ2n) is 6.72. The maximum Gasteiger partial charge on any atom is 0.325 e. The normalized spacial score (nSPS) is 20.6. The lowest BCUT2D eigenvalue weighted by molar-refractivity contribution is -0.146. The highest BCUT2D eigenvalue weighted by atomic mass is 16.5. The Balaban J connectivity index is 2.33. The van der Waals surface area contributed by atoms with E-state index in [0.717, 1.165) is 19.5 Å². The third-order valence-electron chi connectivity index (χ3n) is 4.68. The first-order chi connectivity index (χ1) is 9.23. The molecule has 20 heavy (non-hydrogen) atoms. The molecule has 0 aromatic rings. The number of rotatable bonds is 8. The van der Waals surface area contributed by atoms with Crippen molar-refractivity contribution in [3.63, 3.8) is 0 Å². The molecule has 0 spiro atoms. The van der Waals surface area contributed by atoms with E-state index >= 15 is 0 Å². The molecule has 5 heteroatoms. The minimum absolute atomic E-state index is 0.330. The molecule has 0 aromatic heterocycles. The van der Waals surface area contributed by atoms with Crippen molar-refractivity contribution in [2.45, 2.75) is 50.1 Å². The van der Waals surface area contributed by atoms with Crippen LogP contribution in [-0.4, -0.2) is 68.2 Å². The van der Waals surface area contributed by atoms with Crippen molar-refractivity contribution in [3.05, 3.63) is 0 Å². The maximum absolute atomic E-state index is 11.5. The molecule has 0 amide bonds. The number of hydrogen-bond acceptors (Lipinski definition) is 5. The summed E-state index contributed by atoms with van der Waals surface area (Å²) in [5.41, 5.74) is 5.45. The van der Waals surface area contributed by atoms with Crippen LogP contribution in [0.3, 0.4) is 0 Å². The van der Waals surface area contributed by atoms with Gasteiger partial charge >= 0.3 is 5.97 Å². The molecule has 0 radical (unpaired) electrons. The van der Waals surface area contributed by atoms with Crippen molar-refractivity contribution in [2.24, 2.45) is 5.73 Å². The number of methoxy groups -OCH3 is 1. The highest BCUT2D eigenvalue weighted by molar-refractivity contribution is 5.79. The molecule has 1 aliphatic rings. The lowest BCUT2D eigenvalue weighted by Gasteiger charge is -2.49. The smallest absolute Gasteiger partial charge is 0.325 e. The zero-order chi connectivity index (χ0) is 15.4. The molecular formula is C15H31N3O2. The Morgan fingerprint density at radius 1 is 1.35 bits per heavy atom. The van der Waals surface area contributed by atoms with Crippen LogP contribution < -0.4 is 5.73 Å². The molecule has 1 atom stereocenters. The molecule has 5 nitrogen and oxygen atoms in total. The summed E-state index contributed by atoms with van der Waals surface area (Å²) in [6, 6.07) is 0. The number of carbonyl (C=O) groups excluding carboxylic acids is 1. The van der Waals surface area contributed by atoms with Gasteiger partial charge in [-0.3, -0.25) is 4.79 Å². The number of nitrogens with two attached hydrogens (primary N) is 1. The van der Waals surface area contributed by atoms with Crippen LogP contribution in [0.2, 0.25) is 0 Å². The summed E-state index contributed by atoms with van der Waals surface area (Å²) in [7, 11) is 7.87. The highest BCUT2D eigenvalue weighted by Crippen LogP contribution is 2.36. The van der Waals surface area contributed by atoms with Crippen molar-refractivity contribution in [1.29, 1.82) is 0 Å². The number of hydrogen-bond donors (Lipinski definition) is 1. The molecule has 1 rings (SSSR count). The van der Waals surface area contributed by atoms with Gasteiger partial charge in [0.2, 0.25) is 0 Å². The number of carbonyl (C=O) groups is 1. The molecule has 0 heterocycles. The van der Waals surface area contributed by atoms with Crippen molar-refractivity contribution in [1.82, 2.24) is 9.80 Å². The molecule has 0 bridgehead atoms. The highest BCUT2D eigenvalue weighted by Gasteiger charge is 2.39. The summed E-state index contributed by atoms with van der Waals surface area (Å²) in [6.07, 6.45) is 5.44. The van der Waals surface area contributed by atoms with Crippen LogP contribution in [0, 0.1) is 0 Å². The molecular weight excluding hydrogens is 254 g/mol. The Labute approximate surface area is 123 Å². The maximum atomic E-state index is 11.5. The quantitative estimate of drug-likeness (QED) is 0.676. The van der Waals surface area contributed by atoms with Crippen LogP contribution in [0.4, 0.5) is 0 Å². The van der Waals surface area contributed by atoms with Crippen LogP contribution in [-0.2, 0) is 9.53 Å². The topological polar surface area (TPSA) is 58.8 Å². The SMILES string of the molecule is COC(=O)C(C)(N)CCCN(C)CC1(N(C)C)CCC1. The van der Waals surface area contributed by atoms with E-state index in [1.165, 1.54) is 26.4 Å². The Bertz CT molecular complexity index is 325. The standard InChI is InChI=1S/C15H31N3O2/c1-14(16,13(19)20-5)8-7-11-18(4)12-15(17(2)3)9-6-10-15/h6-12,16H2,1-5H3. The van der Waals surface area contributed by atoms with Gasteiger partial charge in [-0.25, -0.2) is 0 Å². The van der Waals surface area contributed by atoms with Gasteiger partial charge in [0.15, 0.2) is 0 Å². The summed E-state index contributed by atoms with van der Waals surface area (Å²) < 4.78 is 4.73. The minimum Gasteiger partial charge on any atom is -0.468 e. The van der Waals surface area contributed by atoms with E-state index < -0.39 is 5.54 Å². The fraction of sp³-hybridized carbons (Fsp3) is 0.933. The Morgan fingerprint density at radius 3 is 2.35 bits per heavy atom. The fourth-order valence-corrected chi connectivity index (χ4v) is 2.96. The first kappa shape index (κ1) is 17.4. The zero-order valence-corrected chi connectivity index (χ0v) is 13.7. The van der Waals surface area contributed by atoms with Gasteiger partial charge in [0.1, 0.15) is 5.54 Å². The van der Waals surface area contributed by atoms with Gasteiger partial charge in [-0.05, 0) is 66.7 Å². The van der Waals surface area contributed by atoms with Gasteiger partial charge in [0, 0.05) is 12.1 Å². The van der Waals surface area contributed by atoms with Gasteiger partial charge in [-0.1, -0.05) is 0 Å². The van der Waals surface area contributed by atoms with Crippen LogP contribution in [0.25, 0.3) is 0 Å². The number of likely N-dealkylation sites (N-methyl/N-ethyl adjacent to an activating group) is 2. The molecule has 2 N–H and O–H groups in total. The van der Waals surface area contributed by atoms with E-state index in [1.54, 1.807) is 6.92 Å². The first-order valence-electron chi connectivity index (χ1n) is 7.47. The summed E-state index contributed by atoms with van der Waals surface area (Å²) >= 11 is 0. The van der Waals surface area contributed by atoms with E-state index in [9.17, 15) is 4.79 Å². The van der Waals surface area contributed by atoms with Gasteiger partial charge in [0.25, 0.3) is 0 Å². The first-order valence-corrected chi connectivity index (χ1v) is 7.47. The van der Waals surface area contributed by atoms with Crippen molar-refractivity contribution in [2.75, 3.05) is 41.3 Å². The lowest BCUT2D eigenvalue weighted by Crippen LogP contribution is -2.56. The second kappa shape index (κ2) is 6.87. The van der Waals surface area contributed by atoms with Gasteiger partial charge in [0.05, 0.1) is 7.11 Å². The van der Waals surface area contributed by atoms with Crippen LogP contribution in [0.5, 0.6) is 0 Å². The van der Waals surface area contributed by atoms with E-state index in [4.69, 9.17) is 10.5 Å². The molecule has 0 aliphatic heterocycles. The van der Waals surface area contributed by atoms with Crippen LogP contribution >= 0.6 is 0 Å². The fourth-order valence-electron chi connectivity index (χ4n) is 2.96. The molecule has 1 unspecified atom stereocenters. The third-order valence-corrected chi connectivity index (χ3v) is 4.68. The molecule has 0 aromatic carbocycles. The van der Waals surface area contributed by atoms with Gasteiger partial charge in [-0.15, -0.1) is 0 Å². The van der Waals surface area contributed by atoms with E-state index in [-0.39, 0.29) is 5.97 Å². The number of esters is 1. The summed E-state index contributed by atoms with van der Waals surface area (Å²) in [5, 5.41) is 0. The van der Waals surface area contributed by atoms with Crippen molar-refractivity contribution in [3.8, 4) is 0 Å². The number of nitrogens with zero attached hydrogens (tertiary/aromatic N) is 2. The van der Waals surface area contributed by atoms with Gasteiger partial charge < -0.3 is 20.3 Å². The average molecular weight is 285 g/mol. The van der Waals surface area contributed by atoms with E-state index in [2.05, 4.69) is 30.9 Å². The van der Waals surface area contributed by atoms with Crippen LogP contribution in [0.1, 0.15) is 39.0 Å². The average Bonchev–Trinajstić information content (AvgIpc) is 2.31.